The number of rotatable bonds is 3. The number of fused-ring (bicyclic) bond motifs is 1. The number of nitrogens with zero attached hydrogens (tertiary/aromatic N) is 6. The normalized spacial score (nSPS) is 17.8. The number of hydrogen-bond donors (Lipinski definition) is 2. The number of piperazine rings is 1. The van der Waals surface area contributed by atoms with Gasteiger partial charge < -0.3 is 20.5 Å². The molecule has 0 bridgehead atoms. The highest BCUT2D eigenvalue weighted by Crippen LogP contribution is 2.22. The van der Waals surface area contributed by atoms with Gasteiger partial charge in [-0.05, 0) is 11.6 Å². The van der Waals surface area contributed by atoms with Crippen molar-refractivity contribution < 1.29 is 4.79 Å². The molecule has 9 heteroatoms. The Morgan fingerprint density at radius 2 is 2.28 bits per heavy atom. The van der Waals surface area contributed by atoms with E-state index in [2.05, 4.69) is 25.3 Å². The van der Waals surface area contributed by atoms with Crippen LogP contribution in [0.2, 0.25) is 0 Å². The Kier molecular flexibility index (Phi) is 3.98. The van der Waals surface area contributed by atoms with Crippen LogP contribution in [-0.4, -0.2) is 54.9 Å². The summed E-state index contributed by atoms with van der Waals surface area (Å²) in [5.74, 6) is 0.318. The minimum Gasteiger partial charge on any atom is -0.382 e. The van der Waals surface area contributed by atoms with Gasteiger partial charge in [0.05, 0.1) is 12.4 Å². The summed E-state index contributed by atoms with van der Waals surface area (Å²) in [6.07, 6.45) is 6.49. The van der Waals surface area contributed by atoms with Gasteiger partial charge in [0.15, 0.2) is 11.5 Å². The summed E-state index contributed by atoms with van der Waals surface area (Å²) in [6, 6.07) is 3.84. The average Bonchev–Trinajstić information content (AvgIpc) is 3.07. The average molecular weight is 338 g/mol. The minimum atomic E-state index is -0.0376. The monoisotopic (exact) mass is 338 g/mol. The largest absolute Gasteiger partial charge is 0.382 e. The van der Waals surface area contributed by atoms with Gasteiger partial charge >= 0.3 is 0 Å². The van der Waals surface area contributed by atoms with E-state index in [1.54, 1.807) is 23.3 Å². The quantitative estimate of drug-likeness (QED) is 0.689. The Morgan fingerprint density at radius 1 is 1.36 bits per heavy atom. The van der Waals surface area contributed by atoms with Crippen LogP contribution in [0.15, 0.2) is 37.2 Å². The summed E-state index contributed by atoms with van der Waals surface area (Å²) in [5, 5.41) is 3.34. The van der Waals surface area contributed by atoms with Crippen LogP contribution in [0, 0.1) is 0 Å². The predicted molar refractivity (Wildman–Crippen MR) is 91.3 cm³/mol. The molecule has 1 aliphatic heterocycles. The number of nitrogen functional groups attached to an aromatic ring is 1. The molecule has 25 heavy (non-hydrogen) atoms. The van der Waals surface area contributed by atoms with Crippen molar-refractivity contribution in [1.29, 1.82) is 0 Å². The maximum absolute atomic E-state index is 12.9. The standard InChI is InChI=1S/C16H18N8O/c17-15-14-16(21-9-20-15)23(10-22-14)8-13(25)24-5-4-19-7-12(24)11-2-1-3-18-6-11/h1-3,6,9-10,12,19H,4-5,7-8H2,(H2,17,20,21). The van der Waals surface area contributed by atoms with Crippen molar-refractivity contribution in [3.63, 3.8) is 0 Å². The molecule has 0 aliphatic carbocycles. The maximum Gasteiger partial charge on any atom is 0.243 e. The lowest BCUT2D eigenvalue weighted by Crippen LogP contribution is -2.49. The molecule has 4 rings (SSSR count). The molecule has 1 unspecified atom stereocenters. The molecule has 0 spiro atoms. The molecule has 1 atom stereocenters. The third kappa shape index (κ3) is 2.89. The Bertz CT molecular complexity index is 894. The van der Waals surface area contributed by atoms with Crippen molar-refractivity contribution in [3.8, 4) is 0 Å². The molecule has 1 aliphatic rings. The molecule has 1 fully saturated rings. The number of anilines is 1. The van der Waals surface area contributed by atoms with E-state index in [0.29, 0.717) is 30.1 Å². The molecule has 0 saturated carbocycles. The van der Waals surface area contributed by atoms with Gasteiger partial charge in [-0.3, -0.25) is 9.78 Å². The number of carbonyl (C=O) groups is 1. The third-order valence-electron chi connectivity index (χ3n) is 4.37. The van der Waals surface area contributed by atoms with Gasteiger partial charge in [-0.15, -0.1) is 0 Å². The zero-order valence-electron chi connectivity index (χ0n) is 13.5. The van der Waals surface area contributed by atoms with Crippen molar-refractivity contribution in [2.75, 3.05) is 25.4 Å². The summed E-state index contributed by atoms with van der Waals surface area (Å²) in [5.41, 5.74) is 7.90. The van der Waals surface area contributed by atoms with E-state index in [1.165, 1.54) is 6.33 Å². The second-order valence-electron chi connectivity index (χ2n) is 5.90. The van der Waals surface area contributed by atoms with Crippen LogP contribution in [0.1, 0.15) is 11.6 Å². The summed E-state index contributed by atoms with van der Waals surface area (Å²) in [7, 11) is 0. The number of carbonyl (C=O) groups excluding carboxylic acids is 1. The molecule has 0 radical (unpaired) electrons. The lowest BCUT2D eigenvalue weighted by Gasteiger charge is -2.36. The van der Waals surface area contributed by atoms with E-state index >= 15 is 0 Å². The molecule has 0 aromatic carbocycles. The van der Waals surface area contributed by atoms with Gasteiger partial charge in [0.25, 0.3) is 0 Å². The van der Waals surface area contributed by atoms with Crippen LogP contribution in [0.3, 0.4) is 0 Å². The summed E-state index contributed by atoms with van der Waals surface area (Å²) in [6.45, 7) is 2.27. The zero-order valence-corrected chi connectivity index (χ0v) is 13.5. The van der Waals surface area contributed by atoms with Gasteiger partial charge in [0, 0.05) is 32.0 Å². The van der Waals surface area contributed by atoms with E-state index in [0.717, 1.165) is 12.1 Å². The first-order valence-electron chi connectivity index (χ1n) is 8.05. The Labute approximate surface area is 143 Å². The van der Waals surface area contributed by atoms with Crippen LogP contribution in [-0.2, 0) is 11.3 Å². The first-order chi connectivity index (χ1) is 12.2. The second kappa shape index (κ2) is 6.44. The fourth-order valence-electron chi connectivity index (χ4n) is 3.12. The molecule has 4 heterocycles. The van der Waals surface area contributed by atoms with Gasteiger partial charge in [-0.2, -0.15) is 0 Å². The molecule has 1 saturated heterocycles. The van der Waals surface area contributed by atoms with E-state index in [-0.39, 0.29) is 18.5 Å². The molecule has 1 amide bonds. The predicted octanol–water partition coefficient (Wildman–Crippen LogP) is -0.0234. The Hall–Kier alpha value is -3.07. The SMILES string of the molecule is Nc1ncnc2c1ncn2CC(=O)N1CCNCC1c1cccnc1. The summed E-state index contributed by atoms with van der Waals surface area (Å²) in [4.78, 5) is 31.3. The number of hydrogen-bond acceptors (Lipinski definition) is 7. The molecular formula is C16H18N8O. The minimum absolute atomic E-state index is 0.00633. The van der Waals surface area contributed by atoms with Gasteiger partial charge in [-0.1, -0.05) is 6.07 Å². The first-order valence-corrected chi connectivity index (χ1v) is 8.05. The van der Waals surface area contributed by atoms with E-state index in [9.17, 15) is 4.79 Å². The highest BCUT2D eigenvalue weighted by atomic mass is 16.2. The molecule has 9 nitrogen and oxygen atoms in total. The van der Waals surface area contributed by atoms with Gasteiger partial charge in [0.1, 0.15) is 18.4 Å². The number of nitrogens with two attached hydrogens (primary N) is 1. The fourth-order valence-corrected chi connectivity index (χ4v) is 3.12. The third-order valence-corrected chi connectivity index (χ3v) is 4.37. The van der Waals surface area contributed by atoms with E-state index in [1.807, 2.05) is 17.0 Å². The summed E-state index contributed by atoms with van der Waals surface area (Å²) >= 11 is 0. The lowest BCUT2D eigenvalue weighted by molar-refractivity contribution is -0.135. The topological polar surface area (TPSA) is 115 Å². The number of pyridine rings is 1. The lowest BCUT2D eigenvalue weighted by atomic mass is 10.1. The molecular weight excluding hydrogens is 320 g/mol. The van der Waals surface area contributed by atoms with Crippen molar-refractivity contribution in [2.45, 2.75) is 12.6 Å². The van der Waals surface area contributed by atoms with Crippen LogP contribution in [0.4, 0.5) is 5.82 Å². The molecule has 3 N–H and O–H groups in total. The van der Waals surface area contributed by atoms with Crippen molar-refractivity contribution in [3.05, 3.63) is 42.7 Å². The molecule has 3 aromatic heterocycles. The van der Waals surface area contributed by atoms with Crippen LogP contribution >= 0.6 is 0 Å². The number of nitrogens with one attached hydrogen (secondary N) is 1. The zero-order chi connectivity index (χ0) is 17.2. The highest BCUT2D eigenvalue weighted by molar-refractivity contribution is 5.83. The van der Waals surface area contributed by atoms with Crippen LogP contribution in [0.5, 0.6) is 0 Å². The molecule has 3 aromatic rings. The molecule has 128 valence electrons. The Balaban J connectivity index is 1.59. The highest BCUT2D eigenvalue weighted by Gasteiger charge is 2.28. The number of aromatic nitrogens is 5. The Morgan fingerprint density at radius 3 is 3.12 bits per heavy atom. The van der Waals surface area contributed by atoms with Crippen molar-refractivity contribution >= 4 is 22.9 Å². The number of imidazole rings is 1. The van der Waals surface area contributed by atoms with Crippen molar-refractivity contribution in [1.82, 2.24) is 34.7 Å². The maximum atomic E-state index is 12.9. The first kappa shape index (κ1) is 15.5. The summed E-state index contributed by atoms with van der Waals surface area (Å²) < 4.78 is 1.71. The van der Waals surface area contributed by atoms with Gasteiger partial charge in [-0.25, -0.2) is 15.0 Å². The van der Waals surface area contributed by atoms with Crippen LogP contribution < -0.4 is 11.1 Å². The van der Waals surface area contributed by atoms with Gasteiger partial charge in [0.2, 0.25) is 5.91 Å². The van der Waals surface area contributed by atoms with E-state index in [4.69, 9.17) is 5.73 Å². The second-order valence-corrected chi connectivity index (χ2v) is 5.90. The van der Waals surface area contributed by atoms with Crippen LogP contribution in [0.25, 0.3) is 11.2 Å². The van der Waals surface area contributed by atoms with E-state index < -0.39 is 0 Å². The smallest absolute Gasteiger partial charge is 0.243 e. The van der Waals surface area contributed by atoms with Crippen molar-refractivity contribution in [2.24, 2.45) is 0 Å². The number of amides is 1. The fraction of sp³-hybridized carbons (Fsp3) is 0.312.